The average Bonchev–Trinajstić information content (AvgIpc) is 2.17. The Morgan fingerprint density at radius 1 is 1.31 bits per heavy atom. The van der Waals surface area contributed by atoms with Crippen LogP contribution < -0.4 is 11.3 Å². The predicted octanol–water partition coefficient (Wildman–Crippen LogP) is -0.630. The van der Waals surface area contributed by atoms with Crippen LogP contribution in [0.3, 0.4) is 0 Å². The molecule has 0 spiro atoms. The molecule has 0 fully saturated rings. The fourth-order valence-electron chi connectivity index (χ4n) is 1.06. The van der Waals surface area contributed by atoms with Crippen molar-refractivity contribution in [3.63, 3.8) is 0 Å². The monoisotopic (exact) mass is 248 g/mol. The predicted molar refractivity (Wildman–Crippen MR) is 58.0 cm³/mol. The van der Waals surface area contributed by atoms with E-state index in [9.17, 15) is 0 Å². The third-order valence-electron chi connectivity index (χ3n) is 1.66. The van der Waals surface area contributed by atoms with Gasteiger partial charge < -0.3 is 4.55 Å². The van der Waals surface area contributed by atoms with Crippen LogP contribution in [0.1, 0.15) is 12.0 Å². The van der Waals surface area contributed by atoms with E-state index in [2.05, 4.69) is 35.5 Å². The fraction of sp³-hybridized carbons (Fsp3) is 0.333. The van der Waals surface area contributed by atoms with E-state index in [-0.39, 0.29) is 0 Å². The van der Waals surface area contributed by atoms with Crippen molar-refractivity contribution < 1.29 is 23.4 Å². The van der Waals surface area contributed by atoms with Gasteiger partial charge in [0.15, 0.2) is 0 Å². The molecule has 0 radical (unpaired) electrons. The maximum Gasteiger partial charge on any atom is 0.215 e. The summed E-state index contributed by atoms with van der Waals surface area (Å²) >= 11 is 0. The first-order chi connectivity index (χ1) is 7.43. The Hall–Kier alpha value is -0.990. The van der Waals surface area contributed by atoms with E-state index >= 15 is 0 Å². The van der Waals surface area contributed by atoms with Gasteiger partial charge in [-0.1, -0.05) is 30.3 Å². The standard InChI is InChI=1S/C9H14N2.H2O4S/c10-11-8-4-7-9-5-2-1-3-6-9;1-5(2,3)4/h1-3,5-6,11H,4,7-8,10H2;(H2,1,2,3,4). The Labute approximate surface area is 95.0 Å². The van der Waals surface area contributed by atoms with Crippen molar-refractivity contribution in [1.29, 1.82) is 0 Å². The molecule has 1 aromatic rings. The number of nitrogens with one attached hydrogen (secondary N) is 1. The molecule has 0 amide bonds. The van der Waals surface area contributed by atoms with Crippen molar-refractivity contribution in [3.05, 3.63) is 35.9 Å². The first kappa shape index (κ1) is 15.0. The van der Waals surface area contributed by atoms with Gasteiger partial charge in [0.2, 0.25) is 10.4 Å². The van der Waals surface area contributed by atoms with Gasteiger partial charge >= 0.3 is 0 Å². The molecule has 0 aromatic heterocycles. The summed E-state index contributed by atoms with van der Waals surface area (Å²) in [6.45, 7) is 0.995. The topological polar surface area (TPSA) is 117 Å². The van der Waals surface area contributed by atoms with Crippen molar-refractivity contribution in [1.82, 2.24) is 5.43 Å². The van der Waals surface area contributed by atoms with Crippen LogP contribution in [0, 0.1) is 0 Å². The van der Waals surface area contributed by atoms with Crippen LogP contribution in [0.2, 0.25) is 0 Å². The van der Waals surface area contributed by atoms with Gasteiger partial charge in [-0.3, -0.25) is 10.4 Å². The van der Waals surface area contributed by atoms with Crippen LogP contribution in [0.25, 0.3) is 0 Å². The number of rotatable bonds is 4. The lowest BCUT2D eigenvalue weighted by molar-refractivity contribution is -0.442. The zero-order chi connectivity index (χ0) is 12.4. The number of hydrogen-bond donors (Lipinski definition) is 3. The van der Waals surface area contributed by atoms with Gasteiger partial charge in [0.1, 0.15) is 0 Å². The van der Waals surface area contributed by atoms with Crippen LogP contribution in [0.4, 0.5) is 0 Å². The molecule has 5 N–H and O–H groups in total. The Morgan fingerprint density at radius 3 is 2.25 bits per heavy atom. The van der Waals surface area contributed by atoms with E-state index in [1.165, 1.54) is 5.56 Å². The highest BCUT2D eigenvalue weighted by molar-refractivity contribution is 7.79. The molecule has 0 aliphatic heterocycles. The minimum atomic E-state index is -4.92. The molecule has 0 saturated carbocycles. The van der Waals surface area contributed by atoms with Crippen molar-refractivity contribution in [2.45, 2.75) is 12.8 Å². The molecule has 1 aromatic carbocycles. The van der Waals surface area contributed by atoms with Crippen molar-refractivity contribution >= 4 is 10.4 Å². The minimum absolute atomic E-state index is 0.995. The number of benzene rings is 1. The largest absolute Gasteiger partial charge is 0.726 e. The second-order valence-electron chi connectivity index (χ2n) is 3.02. The number of hydrogen-bond acceptors (Lipinski definition) is 4. The summed E-state index contributed by atoms with van der Waals surface area (Å²) in [4.78, 5) is 0. The van der Waals surface area contributed by atoms with Gasteiger partial charge in [0.05, 0.1) is 0 Å². The van der Waals surface area contributed by atoms with Crippen LogP contribution in [-0.2, 0) is 16.8 Å². The molecular formula is C9H16N2O4S. The van der Waals surface area contributed by atoms with Crippen molar-refractivity contribution in [2.75, 3.05) is 6.54 Å². The quantitative estimate of drug-likeness (QED) is 0.284. The van der Waals surface area contributed by atoms with Crippen LogP contribution in [-0.4, -0.2) is 24.1 Å². The van der Waals surface area contributed by atoms with Crippen molar-refractivity contribution in [2.24, 2.45) is 0 Å². The van der Waals surface area contributed by atoms with Gasteiger partial charge in [0.25, 0.3) is 0 Å². The summed E-state index contributed by atoms with van der Waals surface area (Å²) in [6.07, 6.45) is 2.30. The van der Waals surface area contributed by atoms with E-state index in [1.54, 1.807) is 0 Å². The summed E-state index contributed by atoms with van der Waals surface area (Å²) in [5.74, 6) is 3.57. The van der Waals surface area contributed by atoms with Gasteiger partial charge in [-0.25, -0.2) is 8.42 Å². The third-order valence-corrected chi connectivity index (χ3v) is 1.66. The molecule has 92 valence electrons. The second kappa shape index (κ2) is 8.20. The summed E-state index contributed by atoms with van der Waals surface area (Å²) in [7, 11) is -4.92. The number of quaternary nitrogens is 1. The van der Waals surface area contributed by atoms with Crippen LogP contribution in [0.15, 0.2) is 30.3 Å². The number of aryl methyl sites for hydroxylation is 1. The average molecular weight is 248 g/mol. The van der Waals surface area contributed by atoms with Gasteiger partial charge in [0, 0.05) is 6.54 Å². The molecule has 1 rings (SSSR count). The third kappa shape index (κ3) is 13.0. The molecule has 6 nitrogen and oxygen atoms in total. The molecule has 0 atom stereocenters. The Balaban J connectivity index is 0.000000385. The lowest BCUT2D eigenvalue weighted by Crippen LogP contribution is -2.64. The lowest BCUT2D eigenvalue weighted by atomic mass is 10.1. The van der Waals surface area contributed by atoms with E-state index in [1.807, 2.05) is 6.07 Å². The molecule has 0 bridgehead atoms. The maximum absolute atomic E-state index is 8.63. The molecule has 7 heteroatoms. The molecule has 0 aliphatic rings. The van der Waals surface area contributed by atoms with E-state index in [0.29, 0.717) is 0 Å². The Morgan fingerprint density at radius 2 is 1.81 bits per heavy atom. The second-order valence-corrected chi connectivity index (χ2v) is 3.87. The van der Waals surface area contributed by atoms with E-state index in [0.717, 1.165) is 19.4 Å². The highest BCUT2D eigenvalue weighted by atomic mass is 32.3. The summed E-state index contributed by atoms with van der Waals surface area (Å²) in [5.41, 5.74) is 4.29. The van der Waals surface area contributed by atoms with Crippen LogP contribution >= 0.6 is 0 Å². The SMILES string of the molecule is O=S(=O)([O-])O.[NH3+]NCCCc1ccccc1. The highest BCUT2D eigenvalue weighted by Crippen LogP contribution is 2.00. The minimum Gasteiger partial charge on any atom is -0.726 e. The molecule has 0 saturated heterocycles. The van der Waals surface area contributed by atoms with Crippen LogP contribution in [0.5, 0.6) is 0 Å². The molecule has 0 unspecified atom stereocenters. The molecule has 16 heavy (non-hydrogen) atoms. The van der Waals surface area contributed by atoms with Gasteiger partial charge in [-0.05, 0) is 18.4 Å². The Bertz CT molecular complexity index is 358. The van der Waals surface area contributed by atoms with E-state index < -0.39 is 10.4 Å². The normalized spacial score (nSPS) is 10.4. The van der Waals surface area contributed by atoms with Gasteiger partial charge in [-0.2, -0.15) is 5.43 Å². The zero-order valence-electron chi connectivity index (χ0n) is 8.80. The lowest BCUT2D eigenvalue weighted by Gasteiger charge is -1.97. The summed E-state index contributed by atoms with van der Waals surface area (Å²) in [6, 6.07) is 10.5. The summed E-state index contributed by atoms with van der Waals surface area (Å²) < 4.78 is 32.8. The first-order valence-corrected chi connectivity index (χ1v) is 6.02. The molecule has 0 aliphatic carbocycles. The zero-order valence-corrected chi connectivity index (χ0v) is 9.61. The smallest absolute Gasteiger partial charge is 0.215 e. The first-order valence-electron chi connectivity index (χ1n) is 4.65. The summed E-state index contributed by atoms with van der Waals surface area (Å²) in [5, 5.41) is 0. The fourth-order valence-corrected chi connectivity index (χ4v) is 1.06. The maximum atomic E-state index is 8.63. The highest BCUT2D eigenvalue weighted by Gasteiger charge is 1.89. The molecule has 0 heterocycles. The van der Waals surface area contributed by atoms with Gasteiger partial charge in [-0.15, -0.1) is 0 Å². The van der Waals surface area contributed by atoms with Crippen molar-refractivity contribution in [3.8, 4) is 0 Å². The van der Waals surface area contributed by atoms with E-state index in [4.69, 9.17) is 17.5 Å². The Kier molecular flexibility index (Phi) is 7.69. The molecular weight excluding hydrogens is 232 g/mol.